The van der Waals surface area contributed by atoms with E-state index in [1.54, 1.807) is 0 Å². The van der Waals surface area contributed by atoms with E-state index in [0.717, 1.165) is 12.8 Å². The second-order valence-electron chi connectivity index (χ2n) is 2.73. The Labute approximate surface area is 77.2 Å². The van der Waals surface area contributed by atoms with Crippen LogP contribution in [0.4, 0.5) is 0 Å². The monoisotopic (exact) mass is 189 g/mol. The molecule has 5 heteroatoms. The fourth-order valence-electron chi connectivity index (χ4n) is 0.755. The highest BCUT2D eigenvalue weighted by Gasteiger charge is 2.04. The van der Waals surface area contributed by atoms with Crippen LogP contribution < -0.4 is 0 Å². The maximum Gasteiger partial charge on any atom is 0.306 e. The molecule has 0 aromatic heterocycles. The van der Waals surface area contributed by atoms with Crippen molar-refractivity contribution >= 4 is 5.97 Å². The minimum absolute atomic E-state index is 0.144. The van der Waals surface area contributed by atoms with Crippen molar-refractivity contribution in [2.45, 2.75) is 32.6 Å². The van der Waals surface area contributed by atoms with Gasteiger partial charge in [0.25, 0.3) is 0 Å². The van der Waals surface area contributed by atoms with Crippen LogP contribution in [0.3, 0.4) is 0 Å². The molecule has 0 rings (SSSR count). The lowest BCUT2D eigenvalue weighted by atomic mass is 10.3. The number of esters is 1. The van der Waals surface area contributed by atoms with Crippen molar-refractivity contribution < 1.29 is 14.5 Å². The molecule has 76 valence electrons. The zero-order valence-electron chi connectivity index (χ0n) is 7.82. The van der Waals surface area contributed by atoms with Gasteiger partial charge in [0.15, 0.2) is 0 Å². The third-order valence-electron chi connectivity index (χ3n) is 1.48. The summed E-state index contributed by atoms with van der Waals surface area (Å²) in [5, 5.41) is 9.89. The number of hydrogen-bond donors (Lipinski definition) is 0. The number of carbonyl (C=O) groups is 1. The molecule has 0 aromatic carbocycles. The molecule has 0 aliphatic carbocycles. The molecule has 0 saturated carbocycles. The zero-order valence-corrected chi connectivity index (χ0v) is 7.82. The molecule has 0 saturated heterocycles. The quantitative estimate of drug-likeness (QED) is 0.262. The van der Waals surface area contributed by atoms with E-state index in [1.807, 2.05) is 6.92 Å². The Bertz CT molecular complexity index is 170. The molecule has 0 spiro atoms. The first-order valence-electron chi connectivity index (χ1n) is 4.44. The smallest absolute Gasteiger partial charge is 0.306 e. The lowest BCUT2D eigenvalue weighted by Gasteiger charge is -2.01. The van der Waals surface area contributed by atoms with Crippen molar-refractivity contribution in [3.05, 3.63) is 10.1 Å². The first-order chi connectivity index (χ1) is 6.16. The Balaban J connectivity index is 3.25. The van der Waals surface area contributed by atoms with Crippen LogP contribution in [-0.4, -0.2) is 24.0 Å². The summed E-state index contributed by atoms with van der Waals surface area (Å²) in [6, 6.07) is 0. The highest BCUT2D eigenvalue weighted by Crippen LogP contribution is 1.95. The van der Waals surface area contributed by atoms with Crippen molar-refractivity contribution in [1.82, 2.24) is 0 Å². The molecule has 0 aliphatic heterocycles. The van der Waals surface area contributed by atoms with Gasteiger partial charge in [-0.1, -0.05) is 13.3 Å². The second-order valence-corrected chi connectivity index (χ2v) is 2.73. The third-order valence-corrected chi connectivity index (χ3v) is 1.48. The van der Waals surface area contributed by atoms with Crippen LogP contribution in [0.25, 0.3) is 0 Å². The molecule has 0 atom stereocenters. The lowest BCUT2D eigenvalue weighted by molar-refractivity contribution is -0.480. The van der Waals surface area contributed by atoms with Crippen LogP contribution in [0, 0.1) is 10.1 Å². The van der Waals surface area contributed by atoms with Crippen LogP contribution in [0.2, 0.25) is 0 Å². The first kappa shape index (κ1) is 11.9. The number of unbranched alkanes of at least 4 members (excludes halogenated alkanes) is 1. The molecule has 0 heterocycles. The number of ether oxygens (including phenoxy) is 1. The molecule has 0 bridgehead atoms. The van der Waals surface area contributed by atoms with E-state index >= 15 is 0 Å². The van der Waals surface area contributed by atoms with Gasteiger partial charge in [-0.25, -0.2) is 0 Å². The highest BCUT2D eigenvalue weighted by molar-refractivity contribution is 5.69. The summed E-state index contributed by atoms with van der Waals surface area (Å²) in [6.45, 7) is 2.26. The Hall–Kier alpha value is -1.13. The van der Waals surface area contributed by atoms with Crippen molar-refractivity contribution in [2.24, 2.45) is 0 Å². The first-order valence-corrected chi connectivity index (χ1v) is 4.44. The van der Waals surface area contributed by atoms with E-state index in [2.05, 4.69) is 0 Å². The molecular weight excluding hydrogens is 174 g/mol. The minimum Gasteiger partial charge on any atom is -0.466 e. The molecule has 0 unspecified atom stereocenters. The summed E-state index contributed by atoms with van der Waals surface area (Å²) < 4.78 is 4.80. The fourth-order valence-corrected chi connectivity index (χ4v) is 0.755. The van der Waals surface area contributed by atoms with E-state index in [1.165, 1.54) is 0 Å². The molecule has 0 fully saturated rings. The number of rotatable bonds is 7. The minimum atomic E-state index is -0.431. The summed E-state index contributed by atoms with van der Waals surface area (Å²) in [4.78, 5) is 20.3. The van der Waals surface area contributed by atoms with Gasteiger partial charge >= 0.3 is 5.97 Å². The van der Waals surface area contributed by atoms with E-state index < -0.39 is 4.92 Å². The topological polar surface area (TPSA) is 69.4 Å². The fraction of sp³-hybridized carbons (Fsp3) is 0.875. The summed E-state index contributed by atoms with van der Waals surface area (Å²) in [5.74, 6) is -0.338. The summed E-state index contributed by atoms with van der Waals surface area (Å²) in [6.07, 6.45) is 2.23. The van der Waals surface area contributed by atoms with Gasteiger partial charge in [-0.05, 0) is 6.42 Å². The third kappa shape index (κ3) is 8.78. The van der Waals surface area contributed by atoms with Gasteiger partial charge < -0.3 is 4.74 Å². The van der Waals surface area contributed by atoms with Gasteiger partial charge in [0.2, 0.25) is 6.54 Å². The molecule has 13 heavy (non-hydrogen) atoms. The Morgan fingerprint density at radius 1 is 1.46 bits per heavy atom. The van der Waals surface area contributed by atoms with Crippen molar-refractivity contribution in [3.63, 3.8) is 0 Å². The zero-order chi connectivity index (χ0) is 10.1. The standard InChI is InChI=1S/C8H15NO4/c1-2-3-7-13-8(10)5-4-6-9(11)12/h2-7H2,1H3. The maximum absolute atomic E-state index is 10.9. The molecular formula is C8H15NO4. The summed E-state index contributed by atoms with van der Waals surface area (Å²) in [7, 11) is 0. The molecule has 0 aromatic rings. The maximum atomic E-state index is 10.9. The van der Waals surface area contributed by atoms with Crippen LogP contribution >= 0.6 is 0 Å². The van der Waals surface area contributed by atoms with Crippen molar-refractivity contribution in [3.8, 4) is 0 Å². The number of nitro groups is 1. The molecule has 5 nitrogen and oxygen atoms in total. The number of nitrogens with zero attached hydrogens (tertiary/aromatic N) is 1. The van der Waals surface area contributed by atoms with Gasteiger partial charge in [-0.2, -0.15) is 0 Å². The molecule has 0 radical (unpaired) electrons. The van der Waals surface area contributed by atoms with E-state index in [0.29, 0.717) is 6.61 Å². The van der Waals surface area contributed by atoms with Crippen molar-refractivity contribution in [1.29, 1.82) is 0 Å². The van der Waals surface area contributed by atoms with Crippen molar-refractivity contribution in [2.75, 3.05) is 13.2 Å². The lowest BCUT2D eigenvalue weighted by Crippen LogP contribution is -2.08. The van der Waals surface area contributed by atoms with Gasteiger partial charge in [-0.15, -0.1) is 0 Å². The van der Waals surface area contributed by atoms with E-state index in [-0.39, 0.29) is 25.4 Å². The van der Waals surface area contributed by atoms with Crippen LogP contribution in [0.15, 0.2) is 0 Å². The Morgan fingerprint density at radius 3 is 2.69 bits per heavy atom. The average molecular weight is 189 g/mol. The van der Waals surface area contributed by atoms with Crippen LogP contribution in [0.1, 0.15) is 32.6 Å². The van der Waals surface area contributed by atoms with Crippen LogP contribution in [0.5, 0.6) is 0 Å². The molecule has 0 N–H and O–H groups in total. The average Bonchev–Trinajstić information content (AvgIpc) is 2.04. The van der Waals surface area contributed by atoms with Gasteiger partial charge in [0.1, 0.15) is 0 Å². The Kier molecular flexibility index (Phi) is 6.86. The van der Waals surface area contributed by atoms with Gasteiger partial charge in [-0.3, -0.25) is 14.9 Å². The van der Waals surface area contributed by atoms with E-state index in [9.17, 15) is 14.9 Å². The van der Waals surface area contributed by atoms with Gasteiger partial charge in [0, 0.05) is 11.3 Å². The number of carbonyl (C=O) groups excluding carboxylic acids is 1. The normalized spacial score (nSPS) is 9.62. The van der Waals surface area contributed by atoms with Gasteiger partial charge in [0.05, 0.1) is 13.0 Å². The summed E-state index contributed by atoms with van der Waals surface area (Å²) >= 11 is 0. The predicted molar refractivity (Wildman–Crippen MR) is 47.0 cm³/mol. The predicted octanol–water partition coefficient (Wildman–Crippen LogP) is 1.39. The number of hydrogen-bond acceptors (Lipinski definition) is 4. The Morgan fingerprint density at radius 2 is 2.15 bits per heavy atom. The molecule has 0 amide bonds. The summed E-state index contributed by atoms with van der Waals surface area (Å²) in [5.41, 5.74) is 0. The second kappa shape index (κ2) is 7.52. The van der Waals surface area contributed by atoms with Crippen LogP contribution in [-0.2, 0) is 9.53 Å². The SMILES string of the molecule is CCCCOC(=O)CCC[N+](=O)[O-]. The van der Waals surface area contributed by atoms with E-state index in [4.69, 9.17) is 4.74 Å². The molecule has 0 aliphatic rings. The largest absolute Gasteiger partial charge is 0.466 e. The highest BCUT2D eigenvalue weighted by atomic mass is 16.6.